The second-order valence-electron chi connectivity index (χ2n) is 5.13. The van der Waals surface area contributed by atoms with E-state index in [1.165, 1.54) is 11.1 Å². The van der Waals surface area contributed by atoms with Gasteiger partial charge in [-0.15, -0.1) is 0 Å². The predicted molar refractivity (Wildman–Crippen MR) is 60.3 cm³/mol. The lowest BCUT2D eigenvalue weighted by Crippen LogP contribution is -2.29. The molecule has 1 unspecified atom stereocenters. The summed E-state index contributed by atoms with van der Waals surface area (Å²) < 4.78 is 13.2. The van der Waals surface area contributed by atoms with Crippen LogP contribution in [0.25, 0.3) is 0 Å². The van der Waals surface area contributed by atoms with E-state index < -0.39 is 0 Å². The highest BCUT2D eigenvalue weighted by Crippen LogP contribution is 2.44. The number of benzene rings is 1. The van der Waals surface area contributed by atoms with Crippen molar-refractivity contribution in [2.45, 2.75) is 32.6 Å². The topological polar surface area (TPSA) is 26.0 Å². The third kappa shape index (κ3) is 1.78. The third-order valence-electron chi connectivity index (χ3n) is 3.66. The first-order valence-electron chi connectivity index (χ1n) is 5.53. The van der Waals surface area contributed by atoms with Gasteiger partial charge in [-0.1, -0.05) is 19.9 Å². The predicted octanol–water partition coefficient (Wildman–Crippen LogP) is 2.84. The molecule has 0 heterocycles. The van der Waals surface area contributed by atoms with Crippen LogP contribution in [0.2, 0.25) is 0 Å². The fourth-order valence-corrected chi connectivity index (χ4v) is 2.53. The Kier molecular flexibility index (Phi) is 2.55. The summed E-state index contributed by atoms with van der Waals surface area (Å²) in [5.74, 6) is 0.279. The maximum Gasteiger partial charge on any atom is 0.123 e. The zero-order chi connectivity index (χ0) is 11.1. The van der Waals surface area contributed by atoms with E-state index in [9.17, 15) is 4.39 Å². The molecule has 1 aromatic rings. The van der Waals surface area contributed by atoms with Crippen molar-refractivity contribution < 1.29 is 4.39 Å². The minimum atomic E-state index is -0.131. The van der Waals surface area contributed by atoms with Crippen LogP contribution < -0.4 is 5.73 Å². The van der Waals surface area contributed by atoms with Gasteiger partial charge in [0.15, 0.2) is 0 Å². The molecular weight excluding hydrogens is 189 g/mol. The Morgan fingerprint density at radius 2 is 2.20 bits per heavy atom. The average molecular weight is 207 g/mol. The standard InChI is InChI=1S/C13H18FN/c1-13(2,8-15)12-6-4-9-3-5-10(14)7-11(9)12/h3,5,7,12H,4,6,8,15H2,1-2H3. The Balaban J connectivity index is 2.39. The van der Waals surface area contributed by atoms with E-state index in [4.69, 9.17) is 5.73 Å². The van der Waals surface area contributed by atoms with Crippen molar-refractivity contribution >= 4 is 0 Å². The lowest BCUT2D eigenvalue weighted by Gasteiger charge is -2.30. The molecule has 0 aliphatic heterocycles. The maximum atomic E-state index is 13.2. The van der Waals surface area contributed by atoms with Crippen molar-refractivity contribution in [3.63, 3.8) is 0 Å². The minimum Gasteiger partial charge on any atom is -0.330 e. The third-order valence-corrected chi connectivity index (χ3v) is 3.66. The van der Waals surface area contributed by atoms with Crippen LogP contribution in [0.1, 0.15) is 37.3 Å². The highest BCUT2D eigenvalue weighted by molar-refractivity contribution is 5.36. The van der Waals surface area contributed by atoms with Gasteiger partial charge in [-0.05, 0) is 54.0 Å². The highest BCUT2D eigenvalue weighted by atomic mass is 19.1. The summed E-state index contributed by atoms with van der Waals surface area (Å²) in [5.41, 5.74) is 8.32. The van der Waals surface area contributed by atoms with Gasteiger partial charge in [-0.25, -0.2) is 4.39 Å². The van der Waals surface area contributed by atoms with Crippen LogP contribution in [-0.2, 0) is 6.42 Å². The molecule has 15 heavy (non-hydrogen) atoms. The minimum absolute atomic E-state index is 0.0685. The van der Waals surface area contributed by atoms with Gasteiger partial charge in [-0.2, -0.15) is 0 Å². The Morgan fingerprint density at radius 3 is 2.87 bits per heavy atom. The maximum absolute atomic E-state index is 13.2. The number of fused-ring (bicyclic) bond motifs is 1. The molecule has 1 aliphatic rings. The summed E-state index contributed by atoms with van der Waals surface area (Å²) >= 11 is 0. The normalized spacial score (nSPS) is 20.4. The van der Waals surface area contributed by atoms with E-state index >= 15 is 0 Å². The molecule has 0 spiro atoms. The van der Waals surface area contributed by atoms with Crippen molar-refractivity contribution in [2.24, 2.45) is 11.1 Å². The van der Waals surface area contributed by atoms with Gasteiger partial charge >= 0.3 is 0 Å². The number of rotatable bonds is 2. The van der Waals surface area contributed by atoms with Crippen molar-refractivity contribution in [1.29, 1.82) is 0 Å². The Labute approximate surface area is 90.5 Å². The first kappa shape index (κ1) is 10.6. The molecule has 0 bridgehead atoms. The molecule has 2 N–H and O–H groups in total. The molecule has 2 rings (SSSR count). The van der Waals surface area contributed by atoms with E-state index in [1.54, 1.807) is 12.1 Å². The van der Waals surface area contributed by atoms with Crippen molar-refractivity contribution in [3.8, 4) is 0 Å². The Morgan fingerprint density at radius 1 is 1.47 bits per heavy atom. The SMILES string of the molecule is CC(C)(CN)C1CCc2ccc(F)cc21. The highest BCUT2D eigenvalue weighted by Gasteiger charge is 2.34. The fraction of sp³-hybridized carbons (Fsp3) is 0.538. The summed E-state index contributed by atoms with van der Waals surface area (Å²) in [4.78, 5) is 0. The molecule has 0 fully saturated rings. The molecule has 0 saturated carbocycles. The van der Waals surface area contributed by atoms with Gasteiger partial charge in [0.1, 0.15) is 5.82 Å². The molecule has 0 radical (unpaired) electrons. The molecular formula is C13H18FN. The van der Waals surface area contributed by atoms with Crippen molar-refractivity contribution in [2.75, 3.05) is 6.54 Å². The quantitative estimate of drug-likeness (QED) is 0.793. The first-order chi connectivity index (χ1) is 7.04. The molecule has 1 atom stereocenters. The van der Waals surface area contributed by atoms with E-state index in [2.05, 4.69) is 13.8 Å². The summed E-state index contributed by atoms with van der Waals surface area (Å²) in [6.07, 6.45) is 2.16. The van der Waals surface area contributed by atoms with Gasteiger partial charge in [-0.3, -0.25) is 0 Å². The molecule has 1 nitrogen and oxygen atoms in total. The van der Waals surface area contributed by atoms with Crippen LogP contribution >= 0.6 is 0 Å². The molecule has 1 aromatic carbocycles. The van der Waals surface area contributed by atoms with Gasteiger partial charge in [0.05, 0.1) is 0 Å². The molecule has 0 aromatic heterocycles. The smallest absolute Gasteiger partial charge is 0.123 e. The lowest BCUT2D eigenvalue weighted by molar-refractivity contribution is 0.294. The summed E-state index contributed by atoms with van der Waals surface area (Å²) in [5, 5.41) is 0. The van der Waals surface area contributed by atoms with Gasteiger partial charge < -0.3 is 5.73 Å². The van der Waals surface area contributed by atoms with Gasteiger partial charge in [0, 0.05) is 0 Å². The number of nitrogens with two attached hydrogens (primary N) is 1. The number of halogens is 1. The fourth-order valence-electron chi connectivity index (χ4n) is 2.53. The van der Waals surface area contributed by atoms with Crippen LogP contribution in [0.5, 0.6) is 0 Å². The van der Waals surface area contributed by atoms with E-state index in [-0.39, 0.29) is 11.2 Å². The molecule has 1 aliphatic carbocycles. The monoisotopic (exact) mass is 207 g/mol. The van der Waals surface area contributed by atoms with E-state index in [1.807, 2.05) is 6.07 Å². The number of aryl methyl sites for hydroxylation is 1. The molecule has 82 valence electrons. The van der Waals surface area contributed by atoms with Crippen molar-refractivity contribution in [1.82, 2.24) is 0 Å². The Hall–Kier alpha value is -0.890. The summed E-state index contributed by atoms with van der Waals surface area (Å²) in [7, 11) is 0. The average Bonchev–Trinajstić information content (AvgIpc) is 2.61. The van der Waals surface area contributed by atoms with Crippen LogP contribution in [0.15, 0.2) is 18.2 Å². The van der Waals surface area contributed by atoms with Crippen LogP contribution in [0.3, 0.4) is 0 Å². The van der Waals surface area contributed by atoms with Gasteiger partial charge in [0.2, 0.25) is 0 Å². The first-order valence-corrected chi connectivity index (χ1v) is 5.53. The van der Waals surface area contributed by atoms with Gasteiger partial charge in [0.25, 0.3) is 0 Å². The second-order valence-corrected chi connectivity index (χ2v) is 5.13. The summed E-state index contributed by atoms with van der Waals surface area (Å²) in [6, 6.07) is 5.15. The molecule has 2 heteroatoms. The van der Waals surface area contributed by atoms with Crippen LogP contribution in [0, 0.1) is 11.2 Å². The molecule has 0 amide bonds. The van der Waals surface area contributed by atoms with E-state index in [0.29, 0.717) is 12.5 Å². The van der Waals surface area contributed by atoms with Crippen molar-refractivity contribution in [3.05, 3.63) is 35.1 Å². The second kappa shape index (κ2) is 3.60. The Bertz CT molecular complexity index is 371. The number of hydrogen-bond donors (Lipinski definition) is 1. The lowest BCUT2D eigenvalue weighted by atomic mass is 9.76. The van der Waals surface area contributed by atoms with Crippen LogP contribution in [0.4, 0.5) is 4.39 Å². The number of hydrogen-bond acceptors (Lipinski definition) is 1. The molecule has 0 saturated heterocycles. The summed E-state index contributed by atoms with van der Waals surface area (Å²) in [6.45, 7) is 4.98. The largest absolute Gasteiger partial charge is 0.330 e. The zero-order valence-corrected chi connectivity index (χ0v) is 9.39. The van der Waals surface area contributed by atoms with E-state index in [0.717, 1.165) is 12.8 Å². The van der Waals surface area contributed by atoms with Crippen LogP contribution in [-0.4, -0.2) is 6.54 Å². The zero-order valence-electron chi connectivity index (χ0n) is 9.39.